The van der Waals surface area contributed by atoms with Crippen molar-refractivity contribution in [1.29, 1.82) is 0 Å². The van der Waals surface area contributed by atoms with Crippen LogP contribution in [0.25, 0.3) is 0 Å². The van der Waals surface area contributed by atoms with Crippen LogP contribution in [0.1, 0.15) is 41.0 Å². The van der Waals surface area contributed by atoms with E-state index in [0.717, 1.165) is 19.6 Å². The van der Waals surface area contributed by atoms with E-state index in [1.54, 1.807) is 7.05 Å². The fourth-order valence-corrected chi connectivity index (χ4v) is 3.76. The summed E-state index contributed by atoms with van der Waals surface area (Å²) < 4.78 is 28.4. The number of rotatable bonds is 7. The van der Waals surface area contributed by atoms with Crippen molar-refractivity contribution in [3.8, 4) is 0 Å². The molecule has 0 spiro atoms. The van der Waals surface area contributed by atoms with Gasteiger partial charge in [0.15, 0.2) is 5.96 Å². The van der Waals surface area contributed by atoms with E-state index in [0.29, 0.717) is 12.4 Å². The number of aliphatic imine (C=N–C) groups is 1. The van der Waals surface area contributed by atoms with E-state index in [2.05, 4.69) is 48.2 Å². The number of hydrogen-bond acceptors (Lipinski definition) is 5. The molecular weight excluding hydrogens is 340 g/mol. The van der Waals surface area contributed by atoms with E-state index in [1.807, 2.05) is 6.92 Å². The summed E-state index contributed by atoms with van der Waals surface area (Å²) in [6, 6.07) is 0.0347. The maximum Gasteiger partial charge on any atom is 0.191 e. The van der Waals surface area contributed by atoms with Crippen LogP contribution in [0.2, 0.25) is 0 Å². The minimum atomic E-state index is -2.94. The zero-order valence-electron chi connectivity index (χ0n) is 16.8. The summed E-state index contributed by atoms with van der Waals surface area (Å²) in [6.07, 6.45) is 2.29. The zero-order valence-corrected chi connectivity index (χ0v) is 17.6. The number of sulfone groups is 1. The second-order valence-corrected chi connectivity index (χ2v) is 10.1. The Morgan fingerprint density at radius 2 is 1.88 bits per heavy atom. The molecule has 0 aromatic rings. The Bertz CT molecular complexity index is 538. The predicted octanol–water partition coefficient (Wildman–Crippen LogP) is 0.862. The maximum atomic E-state index is 11.3. The Kier molecular flexibility index (Phi) is 8.15. The van der Waals surface area contributed by atoms with E-state index in [4.69, 9.17) is 4.74 Å². The van der Waals surface area contributed by atoms with Crippen LogP contribution in [0.5, 0.6) is 0 Å². The second kappa shape index (κ2) is 9.19. The minimum Gasteiger partial charge on any atom is -0.373 e. The molecule has 0 aliphatic carbocycles. The Balaban J connectivity index is 2.52. The molecule has 3 unspecified atom stereocenters. The van der Waals surface area contributed by atoms with Gasteiger partial charge in [-0.3, -0.25) is 9.89 Å². The summed E-state index contributed by atoms with van der Waals surface area (Å²) in [5.41, 5.74) is -0.0418. The molecule has 1 rings (SSSR count). The largest absolute Gasteiger partial charge is 0.373 e. The lowest BCUT2D eigenvalue weighted by atomic mass is 10.00. The number of nitrogens with zero attached hydrogens (tertiary/aromatic N) is 2. The molecule has 1 saturated heterocycles. The van der Waals surface area contributed by atoms with Gasteiger partial charge in [0.05, 0.1) is 18.0 Å². The van der Waals surface area contributed by atoms with Crippen LogP contribution in [0, 0.1) is 0 Å². The van der Waals surface area contributed by atoms with Crippen LogP contribution in [0.3, 0.4) is 0 Å². The summed E-state index contributed by atoms with van der Waals surface area (Å²) in [5, 5.41) is 6.64. The first-order valence-electron chi connectivity index (χ1n) is 8.98. The summed E-state index contributed by atoms with van der Waals surface area (Å²) in [4.78, 5) is 6.70. The van der Waals surface area contributed by atoms with Gasteiger partial charge in [-0.05, 0) is 41.0 Å². The molecule has 0 aromatic heterocycles. The average Bonchev–Trinajstić information content (AvgIpc) is 2.47. The first kappa shape index (κ1) is 22.2. The SMILES string of the molecule is CN=C(NCC(C)(C)N1CC(C)OC(C)C1)NC(C)CCS(C)(=O)=O. The average molecular weight is 377 g/mol. The minimum absolute atomic E-state index is 0.0347. The standard InChI is InChI=1S/C17H36N4O3S/c1-13(8-9-25(7,22)23)20-16(18-6)19-12-17(4,5)21-10-14(2)24-15(3)11-21/h13-15H,8-12H2,1-7H3,(H2,18,19,20). The van der Waals surface area contributed by atoms with Crippen molar-refractivity contribution in [2.24, 2.45) is 4.99 Å². The number of hydrogen-bond donors (Lipinski definition) is 2. The molecule has 2 N–H and O–H groups in total. The van der Waals surface area contributed by atoms with E-state index >= 15 is 0 Å². The molecule has 148 valence electrons. The van der Waals surface area contributed by atoms with Crippen molar-refractivity contribution < 1.29 is 13.2 Å². The van der Waals surface area contributed by atoms with Crippen molar-refractivity contribution in [3.05, 3.63) is 0 Å². The van der Waals surface area contributed by atoms with Gasteiger partial charge in [-0.2, -0.15) is 0 Å². The fraction of sp³-hybridized carbons (Fsp3) is 0.941. The molecule has 1 aliphatic heterocycles. The lowest BCUT2D eigenvalue weighted by Gasteiger charge is -2.45. The number of nitrogens with one attached hydrogen (secondary N) is 2. The van der Waals surface area contributed by atoms with Crippen molar-refractivity contribution >= 4 is 15.8 Å². The first-order valence-corrected chi connectivity index (χ1v) is 11.0. The summed E-state index contributed by atoms with van der Waals surface area (Å²) in [5.74, 6) is 0.871. The molecule has 0 aromatic carbocycles. The van der Waals surface area contributed by atoms with Crippen LogP contribution in [-0.4, -0.2) is 81.8 Å². The molecule has 0 bridgehead atoms. The maximum absolute atomic E-state index is 11.3. The lowest BCUT2D eigenvalue weighted by molar-refractivity contribution is -0.0946. The van der Waals surface area contributed by atoms with Gasteiger partial charge in [-0.1, -0.05) is 0 Å². The van der Waals surface area contributed by atoms with Gasteiger partial charge in [0.1, 0.15) is 9.84 Å². The van der Waals surface area contributed by atoms with Crippen LogP contribution < -0.4 is 10.6 Å². The van der Waals surface area contributed by atoms with E-state index in [9.17, 15) is 8.42 Å². The third-order valence-corrected chi connectivity index (χ3v) is 5.47. The highest BCUT2D eigenvalue weighted by molar-refractivity contribution is 7.90. The van der Waals surface area contributed by atoms with Crippen molar-refractivity contribution in [1.82, 2.24) is 15.5 Å². The number of ether oxygens (including phenoxy) is 1. The van der Waals surface area contributed by atoms with Crippen molar-refractivity contribution in [2.75, 3.05) is 38.7 Å². The molecule has 1 heterocycles. The van der Waals surface area contributed by atoms with Crippen LogP contribution in [-0.2, 0) is 14.6 Å². The van der Waals surface area contributed by atoms with Crippen molar-refractivity contribution in [3.63, 3.8) is 0 Å². The highest BCUT2D eigenvalue weighted by Crippen LogP contribution is 2.20. The quantitative estimate of drug-likeness (QED) is 0.507. The van der Waals surface area contributed by atoms with Gasteiger partial charge in [0, 0.05) is 44.5 Å². The highest BCUT2D eigenvalue weighted by atomic mass is 32.2. The van der Waals surface area contributed by atoms with Crippen LogP contribution in [0.15, 0.2) is 4.99 Å². The van der Waals surface area contributed by atoms with Crippen LogP contribution in [0.4, 0.5) is 0 Å². The number of guanidine groups is 1. The Hall–Kier alpha value is -0.860. The molecule has 8 heteroatoms. The molecule has 0 radical (unpaired) electrons. The first-order chi connectivity index (χ1) is 11.4. The molecular formula is C17H36N4O3S. The molecule has 3 atom stereocenters. The molecule has 0 saturated carbocycles. The summed E-state index contributed by atoms with van der Waals surface area (Å²) in [6.45, 7) is 13.2. The third-order valence-electron chi connectivity index (χ3n) is 4.49. The topological polar surface area (TPSA) is 83.0 Å². The van der Waals surface area contributed by atoms with Crippen LogP contribution >= 0.6 is 0 Å². The molecule has 25 heavy (non-hydrogen) atoms. The highest BCUT2D eigenvalue weighted by Gasteiger charge is 2.33. The van der Waals surface area contributed by atoms with Gasteiger partial charge >= 0.3 is 0 Å². The van der Waals surface area contributed by atoms with Gasteiger partial charge in [-0.15, -0.1) is 0 Å². The second-order valence-electron chi connectivity index (χ2n) is 7.86. The number of morpholine rings is 1. The summed E-state index contributed by atoms with van der Waals surface area (Å²) in [7, 11) is -1.21. The molecule has 7 nitrogen and oxygen atoms in total. The normalized spacial score (nSPS) is 24.8. The molecule has 1 fully saturated rings. The molecule has 1 aliphatic rings. The smallest absolute Gasteiger partial charge is 0.191 e. The Morgan fingerprint density at radius 1 is 1.32 bits per heavy atom. The van der Waals surface area contributed by atoms with Crippen molar-refractivity contribution in [2.45, 2.75) is 64.8 Å². The Labute approximate surface area is 153 Å². The van der Waals surface area contributed by atoms with Gasteiger partial charge in [0.25, 0.3) is 0 Å². The Morgan fingerprint density at radius 3 is 2.36 bits per heavy atom. The third kappa shape index (κ3) is 8.37. The van der Waals surface area contributed by atoms with Gasteiger partial charge in [-0.25, -0.2) is 8.42 Å². The fourth-order valence-electron chi connectivity index (χ4n) is 2.98. The molecule has 0 amide bonds. The van der Waals surface area contributed by atoms with E-state index in [-0.39, 0.29) is 29.5 Å². The summed E-state index contributed by atoms with van der Waals surface area (Å²) >= 11 is 0. The van der Waals surface area contributed by atoms with Gasteiger partial charge in [0.2, 0.25) is 0 Å². The lowest BCUT2D eigenvalue weighted by Crippen LogP contribution is -2.59. The van der Waals surface area contributed by atoms with E-state index < -0.39 is 9.84 Å². The predicted molar refractivity (Wildman–Crippen MR) is 104 cm³/mol. The van der Waals surface area contributed by atoms with E-state index in [1.165, 1.54) is 6.26 Å². The monoisotopic (exact) mass is 376 g/mol. The van der Waals surface area contributed by atoms with Gasteiger partial charge < -0.3 is 15.4 Å². The zero-order chi connectivity index (χ0) is 19.3.